The molecule has 1 unspecified atom stereocenters. The average molecular weight is 308 g/mol. The van der Waals surface area contributed by atoms with Gasteiger partial charge in [0.15, 0.2) is 0 Å². The van der Waals surface area contributed by atoms with Crippen molar-refractivity contribution in [2.75, 3.05) is 5.75 Å². The Hall–Kier alpha value is -1.46. The topological polar surface area (TPSA) is 46.9 Å². The molecule has 1 aromatic heterocycles. The summed E-state index contributed by atoms with van der Waals surface area (Å²) in [5, 5.41) is 7.81. The van der Waals surface area contributed by atoms with E-state index in [-0.39, 0.29) is 18.5 Å². The van der Waals surface area contributed by atoms with E-state index in [0.717, 1.165) is 17.7 Å². The van der Waals surface area contributed by atoms with Crippen molar-refractivity contribution in [1.29, 1.82) is 0 Å². The van der Waals surface area contributed by atoms with E-state index in [1.165, 1.54) is 4.90 Å². The maximum Gasteiger partial charge on any atom is 0.242 e. The van der Waals surface area contributed by atoms with Crippen LogP contribution in [-0.4, -0.2) is 21.4 Å². The van der Waals surface area contributed by atoms with Gasteiger partial charge < -0.3 is 5.32 Å². The van der Waals surface area contributed by atoms with E-state index in [0.29, 0.717) is 5.02 Å². The van der Waals surface area contributed by atoms with E-state index in [2.05, 4.69) is 10.4 Å². The molecular formula is C14H14ClN3OS. The number of hydrogen-bond acceptors (Lipinski definition) is 3. The summed E-state index contributed by atoms with van der Waals surface area (Å²) in [4.78, 5) is 13.3. The van der Waals surface area contributed by atoms with Crippen LogP contribution in [0.3, 0.4) is 0 Å². The predicted octanol–water partition coefficient (Wildman–Crippen LogP) is 2.89. The van der Waals surface area contributed by atoms with Gasteiger partial charge in [0.05, 0.1) is 6.04 Å². The second-order valence-corrected chi connectivity index (χ2v) is 6.22. The molecule has 3 rings (SSSR count). The zero-order valence-electron chi connectivity index (χ0n) is 10.8. The van der Waals surface area contributed by atoms with Crippen molar-refractivity contribution in [3.05, 3.63) is 47.2 Å². The number of nitrogens with zero attached hydrogens (tertiary/aromatic N) is 2. The van der Waals surface area contributed by atoms with Gasteiger partial charge in [0.1, 0.15) is 6.54 Å². The quantitative estimate of drug-likeness (QED) is 0.948. The number of amides is 1. The summed E-state index contributed by atoms with van der Waals surface area (Å²) in [6.07, 6.45) is 4.36. The number of benzene rings is 1. The molecule has 104 valence electrons. The van der Waals surface area contributed by atoms with Crippen molar-refractivity contribution in [3.8, 4) is 0 Å². The van der Waals surface area contributed by atoms with Crippen LogP contribution in [0.1, 0.15) is 18.0 Å². The second-order valence-electron chi connectivity index (χ2n) is 4.64. The first-order valence-corrected chi connectivity index (χ1v) is 7.78. The molecule has 2 heterocycles. The number of hydrogen-bond donors (Lipinski definition) is 1. The van der Waals surface area contributed by atoms with Crippen molar-refractivity contribution in [2.45, 2.75) is 23.9 Å². The van der Waals surface area contributed by atoms with E-state index in [9.17, 15) is 4.79 Å². The molecule has 1 aliphatic rings. The number of fused-ring (bicyclic) bond motifs is 1. The lowest BCUT2D eigenvalue weighted by molar-refractivity contribution is -0.122. The first-order valence-electron chi connectivity index (χ1n) is 6.41. The summed E-state index contributed by atoms with van der Waals surface area (Å²) < 4.78 is 1.62. The third kappa shape index (κ3) is 2.99. The Morgan fingerprint density at radius 3 is 3.25 bits per heavy atom. The average Bonchev–Trinajstić information content (AvgIpc) is 2.92. The number of nitrogens with one attached hydrogen (secondary N) is 1. The van der Waals surface area contributed by atoms with Crippen LogP contribution in [0, 0.1) is 0 Å². The van der Waals surface area contributed by atoms with Crippen LogP contribution in [0.5, 0.6) is 0 Å². The molecule has 6 heteroatoms. The minimum Gasteiger partial charge on any atom is -0.348 e. The van der Waals surface area contributed by atoms with Gasteiger partial charge in [0, 0.05) is 28.1 Å². The number of carbonyl (C=O) groups excluding carboxylic acids is 1. The fourth-order valence-electron chi connectivity index (χ4n) is 2.30. The molecule has 2 aromatic rings. The molecule has 1 amide bonds. The van der Waals surface area contributed by atoms with E-state index >= 15 is 0 Å². The number of halogens is 1. The molecule has 0 bridgehead atoms. The summed E-state index contributed by atoms with van der Waals surface area (Å²) in [7, 11) is 0. The van der Waals surface area contributed by atoms with Crippen molar-refractivity contribution in [1.82, 2.24) is 15.1 Å². The van der Waals surface area contributed by atoms with Gasteiger partial charge in [-0.1, -0.05) is 11.6 Å². The van der Waals surface area contributed by atoms with Gasteiger partial charge >= 0.3 is 0 Å². The maximum atomic E-state index is 12.1. The third-order valence-electron chi connectivity index (χ3n) is 3.21. The van der Waals surface area contributed by atoms with E-state index in [1.54, 1.807) is 34.9 Å². The Kier molecular flexibility index (Phi) is 3.98. The Morgan fingerprint density at radius 2 is 2.45 bits per heavy atom. The molecule has 1 aliphatic heterocycles. The first kappa shape index (κ1) is 13.5. The van der Waals surface area contributed by atoms with Crippen LogP contribution >= 0.6 is 23.4 Å². The Balaban J connectivity index is 1.72. The van der Waals surface area contributed by atoms with Gasteiger partial charge in [-0.25, -0.2) is 0 Å². The highest BCUT2D eigenvalue weighted by Crippen LogP contribution is 2.37. The Labute approximate surface area is 126 Å². The molecule has 1 atom stereocenters. The number of rotatable bonds is 3. The highest BCUT2D eigenvalue weighted by molar-refractivity contribution is 7.99. The molecule has 20 heavy (non-hydrogen) atoms. The van der Waals surface area contributed by atoms with Crippen LogP contribution in [0.2, 0.25) is 5.02 Å². The zero-order chi connectivity index (χ0) is 13.9. The molecule has 0 spiro atoms. The summed E-state index contributed by atoms with van der Waals surface area (Å²) >= 11 is 7.86. The van der Waals surface area contributed by atoms with E-state index in [1.807, 2.05) is 18.2 Å². The molecule has 0 fully saturated rings. The van der Waals surface area contributed by atoms with Gasteiger partial charge in [-0.2, -0.15) is 5.10 Å². The van der Waals surface area contributed by atoms with Gasteiger partial charge in [0.25, 0.3) is 0 Å². The van der Waals surface area contributed by atoms with Crippen LogP contribution in [-0.2, 0) is 11.3 Å². The van der Waals surface area contributed by atoms with Crippen molar-refractivity contribution < 1.29 is 4.79 Å². The predicted molar refractivity (Wildman–Crippen MR) is 79.9 cm³/mol. The lowest BCUT2D eigenvalue weighted by Gasteiger charge is -2.26. The summed E-state index contributed by atoms with van der Waals surface area (Å²) in [5.74, 6) is 0.970. The van der Waals surface area contributed by atoms with Crippen molar-refractivity contribution >= 4 is 29.3 Å². The molecule has 1 N–H and O–H groups in total. The molecule has 0 saturated heterocycles. The molecule has 0 aliphatic carbocycles. The van der Waals surface area contributed by atoms with Crippen LogP contribution in [0.25, 0.3) is 0 Å². The van der Waals surface area contributed by atoms with Gasteiger partial charge in [-0.3, -0.25) is 9.48 Å². The molecule has 4 nitrogen and oxygen atoms in total. The molecular weight excluding hydrogens is 294 g/mol. The van der Waals surface area contributed by atoms with Crippen LogP contribution < -0.4 is 5.32 Å². The minimum absolute atomic E-state index is 0.0310. The van der Waals surface area contributed by atoms with E-state index < -0.39 is 0 Å². The lowest BCUT2D eigenvalue weighted by Crippen LogP contribution is -2.33. The molecule has 1 aromatic carbocycles. The Morgan fingerprint density at radius 1 is 1.55 bits per heavy atom. The normalized spacial score (nSPS) is 17.6. The SMILES string of the molecule is O=C(Cn1cccn1)NC1CCSc2ccc(Cl)cc21. The highest BCUT2D eigenvalue weighted by atomic mass is 35.5. The van der Waals surface area contributed by atoms with Gasteiger partial charge in [0.2, 0.25) is 5.91 Å². The lowest BCUT2D eigenvalue weighted by atomic mass is 10.0. The Bertz CT molecular complexity index is 615. The van der Waals surface area contributed by atoms with E-state index in [4.69, 9.17) is 11.6 Å². The van der Waals surface area contributed by atoms with Crippen LogP contribution in [0.15, 0.2) is 41.6 Å². The summed E-state index contributed by atoms with van der Waals surface area (Å²) in [6, 6.07) is 7.70. The number of aromatic nitrogens is 2. The van der Waals surface area contributed by atoms with Crippen molar-refractivity contribution in [2.24, 2.45) is 0 Å². The maximum absolute atomic E-state index is 12.1. The fraction of sp³-hybridized carbons (Fsp3) is 0.286. The minimum atomic E-state index is -0.0310. The van der Waals surface area contributed by atoms with Crippen molar-refractivity contribution in [3.63, 3.8) is 0 Å². The molecule has 0 radical (unpaired) electrons. The largest absolute Gasteiger partial charge is 0.348 e. The monoisotopic (exact) mass is 307 g/mol. The molecule has 0 saturated carbocycles. The fourth-order valence-corrected chi connectivity index (χ4v) is 3.58. The summed E-state index contributed by atoms with van der Waals surface area (Å²) in [6.45, 7) is 0.243. The standard InChI is InChI=1S/C14H14ClN3OS/c15-10-2-3-13-11(8-10)12(4-7-20-13)17-14(19)9-18-6-1-5-16-18/h1-3,5-6,8,12H,4,7,9H2,(H,17,19). The number of thioether (sulfide) groups is 1. The zero-order valence-corrected chi connectivity index (χ0v) is 12.3. The smallest absolute Gasteiger partial charge is 0.242 e. The highest BCUT2D eigenvalue weighted by Gasteiger charge is 2.22. The van der Waals surface area contributed by atoms with Gasteiger partial charge in [-0.05, 0) is 36.2 Å². The second kappa shape index (κ2) is 5.89. The van der Waals surface area contributed by atoms with Crippen LogP contribution in [0.4, 0.5) is 0 Å². The first-order chi connectivity index (χ1) is 9.72. The summed E-state index contributed by atoms with van der Waals surface area (Å²) in [5.41, 5.74) is 1.11. The third-order valence-corrected chi connectivity index (χ3v) is 4.57. The van der Waals surface area contributed by atoms with Gasteiger partial charge in [-0.15, -0.1) is 11.8 Å². The number of carbonyl (C=O) groups is 1.